The van der Waals surface area contributed by atoms with Gasteiger partial charge in [-0.3, -0.25) is 4.98 Å². The van der Waals surface area contributed by atoms with E-state index < -0.39 is 5.97 Å². The molecule has 0 unspecified atom stereocenters. The largest absolute Gasteiger partial charge is 0.478 e. The van der Waals surface area contributed by atoms with Crippen LogP contribution in [0.2, 0.25) is 0 Å². The number of hydrogen-bond donors (Lipinski definition) is 2. The number of carboxylic acids is 1. The molecule has 1 aromatic carbocycles. The fourth-order valence-corrected chi connectivity index (χ4v) is 2.19. The first-order chi connectivity index (χ1) is 9.06. The fourth-order valence-electron chi connectivity index (χ4n) is 1.72. The molecule has 0 amide bonds. The maximum Gasteiger partial charge on any atom is 0.335 e. The van der Waals surface area contributed by atoms with Crippen LogP contribution < -0.4 is 5.32 Å². The Morgan fingerprint density at radius 2 is 2.16 bits per heavy atom. The highest BCUT2D eigenvalue weighted by Gasteiger charge is 2.05. The topological polar surface area (TPSA) is 62.2 Å². The van der Waals surface area contributed by atoms with Crippen LogP contribution in [0.1, 0.15) is 21.6 Å². The molecule has 2 aromatic rings. The van der Waals surface area contributed by atoms with Crippen molar-refractivity contribution in [2.24, 2.45) is 0 Å². The Morgan fingerprint density at radius 3 is 2.84 bits per heavy atom. The standard InChI is InChI=1S/C14H13BrN2O2/c1-9-6-11(15)2-3-13(9)17-8-12-7-10(14(18)19)4-5-16-12/h2-7,17H,8H2,1H3,(H,18,19). The van der Waals surface area contributed by atoms with Crippen LogP contribution in [-0.2, 0) is 6.54 Å². The molecule has 4 nitrogen and oxygen atoms in total. The lowest BCUT2D eigenvalue weighted by Gasteiger charge is -2.09. The number of aryl methyl sites for hydroxylation is 1. The number of halogens is 1. The molecule has 0 aliphatic rings. The Kier molecular flexibility index (Phi) is 4.16. The maximum atomic E-state index is 10.9. The van der Waals surface area contributed by atoms with Gasteiger partial charge in [-0.15, -0.1) is 0 Å². The number of benzene rings is 1. The third-order valence-electron chi connectivity index (χ3n) is 2.71. The molecule has 2 N–H and O–H groups in total. The van der Waals surface area contributed by atoms with Gasteiger partial charge in [0.15, 0.2) is 0 Å². The number of pyridine rings is 1. The molecule has 0 saturated carbocycles. The first-order valence-corrected chi connectivity index (χ1v) is 6.54. The summed E-state index contributed by atoms with van der Waals surface area (Å²) in [6.45, 7) is 2.50. The minimum atomic E-state index is -0.941. The van der Waals surface area contributed by atoms with E-state index in [2.05, 4.69) is 26.2 Å². The predicted molar refractivity (Wildman–Crippen MR) is 77.4 cm³/mol. The lowest BCUT2D eigenvalue weighted by atomic mass is 10.2. The van der Waals surface area contributed by atoms with Gasteiger partial charge >= 0.3 is 5.97 Å². The lowest BCUT2D eigenvalue weighted by molar-refractivity contribution is 0.0696. The summed E-state index contributed by atoms with van der Waals surface area (Å²) in [5, 5.41) is 12.2. The van der Waals surface area contributed by atoms with Crippen molar-refractivity contribution in [1.82, 2.24) is 4.98 Å². The molecule has 1 heterocycles. The normalized spacial score (nSPS) is 10.2. The molecule has 0 bridgehead atoms. The summed E-state index contributed by atoms with van der Waals surface area (Å²) in [6.07, 6.45) is 1.51. The van der Waals surface area contributed by atoms with Gasteiger partial charge in [-0.1, -0.05) is 15.9 Å². The molecule has 0 atom stereocenters. The number of hydrogen-bond acceptors (Lipinski definition) is 3. The van der Waals surface area contributed by atoms with Crippen molar-refractivity contribution in [2.45, 2.75) is 13.5 Å². The number of anilines is 1. The van der Waals surface area contributed by atoms with Gasteiger partial charge in [0, 0.05) is 16.4 Å². The molecule has 98 valence electrons. The Morgan fingerprint density at radius 1 is 1.37 bits per heavy atom. The highest BCUT2D eigenvalue weighted by molar-refractivity contribution is 9.10. The summed E-state index contributed by atoms with van der Waals surface area (Å²) in [5.74, 6) is -0.941. The van der Waals surface area contributed by atoms with Crippen LogP contribution >= 0.6 is 15.9 Å². The van der Waals surface area contributed by atoms with Gasteiger partial charge in [-0.25, -0.2) is 4.79 Å². The van der Waals surface area contributed by atoms with Crippen molar-refractivity contribution < 1.29 is 9.90 Å². The Balaban J connectivity index is 2.10. The fraction of sp³-hybridized carbons (Fsp3) is 0.143. The number of nitrogens with zero attached hydrogens (tertiary/aromatic N) is 1. The Labute approximate surface area is 119 Å². The molecule has 0 fully saturated rings. The summed E-state index contributed by atoms with van der Waals surface area (Å²) in [4.78, 5) is 15.0. The highest BCUT2D eigenvalue weighted by atomic mass is 79.9. The number of nitrogens with one attached hydrogen (secondary N) is 1. The van der Waals surface area contributed by atoms with Gasteiger partial charge in [0.25, 0.3) is 0 Å². The average molecular weight is 321 g/mol. The molecule has 19 heavy (non-hydrogen) atoms. The number of carbonyl (C=O) groups is 1. The molecule has 0 spiro atoms. The summed E-state index contributed by atoms with van der Waals surface area (Å²) in [6, 6.07) is 9.00. The molecule has 2 rings (SSSR count). The summed E-state index contributed by atoms with van der Waals surface area (Å²) in [7, 11) is 0. The number of aromatic carboxylic acids is 1. The number of carboxylic acid groups (broad SMARTS) is 1. The highest BCUT2D eigenvalue weighted by Crippen LogP contribution is 2.20. The molecule has 0 saturated heterocycles. The van der Waals surface area contributed by atoms with Crippen LogP contribution in [0.4, 0.5) is 5.69 Å². The van der Waals surface area contributed by atoms with Crippen LogP contribution in [0.5, 0.6) is 0 Å². The predicted octanol–water partition coefficient (Wildman–Crippen LogP) is 3.46. The quantitative estimate of drug-likeness (QED) is 0.905. The SMILES string of the molecule is Cc1cc(Br)ccc1NCc1cc(C(=O)O)ccn1. The lowest BCUT2D eigenvalue weighted by Crippen LogP contribution is -2.05. The molecule has 1 aromatic heterocycles. The van der Waals surface area contributed by atoms with Crippen molar-refractivity contribution in [3.63, 3.8) is 0 Å². The zero-order valence-electron chi connectivity index (χ0n) is 10.4. The van der Waals surface area contributed by atoms with E-state index in [1.54, 1.807) is 6.07 Å². The smallest absolute Gasteiger partial charge is 0.335 e. The zero-order valence-corrected chi connectivity index (χ0v) is 11.9. The van der Waals surface area contributed by atoms with E-state index >= 15 is 0 Å². The van der Waals surface area contributed by atoms with Gasteiger partial charge in [-0.05, 0) is 42.8 Å². The van der Waals surface area contributed by atoms with Crippen LogP contribution in [-0.4, -0.2) is 16.1 Å². The van der Waals surface area contributed by atoms with E-state index in [0.717, 1.165) is 15.7 Å². The van der Waals surface area contributed by atoms with Crippen LogP contribution in [0, 0.1) is 6.92 Å². The Hall–Kier alpha value is -1.88. The number of rotatable bonds is 4. The molecular weight excluding hydrogens is 308 g/mol. The average Bonchev–Trinajstić information content (AvgIpc) is 2.38. The van der Waals surface area contributed by atoms with E-state index in [4.69, 9.17) is 5.11 Å². The third-order valence-corrected chi connectivity index (χ3v) is 3.21. The van der Waals surface area contributed by atoms with E-state index in [1.165, 1.54) is 12.3 Å². The second-order valence-electron chi connectivity index (χ2n) is 4.15. The molecular formula is C14H13BrN2O2. The minimum absolute atomic E-state index is 0.249. The van der Waals surface area contributed by atoms with Crippen LogP contribution in [0.15, 0.2) is 41.0 Å². The van der Waals surface area contributed by atoms with Crippen molar-refractivity contribution in [3.8, 4) is 0 Å². The van der Waals surface area contributed by atoms with Gasteiger partial charge in [-0.2, -0.15) is 0 Å². The maximum absolute atomic E-state index is 10.9. The minimum Gasteiger partial charge on any atom is -0.478 e. The summed E-state index contributed by atoms with van der Waals surface area (Å²) < 4.78 is 1.03. The van der Waals surface area contributed by atoms with Crippen LogP contribution in [0.25, 0.3) is 0 Å². The van der Waals surface area contributed by atoms with E-state index in [1.807, 2.05) is 25.1 Å². The zero-order chi connectivity index (χ0) is 13.8. The second-order valence-corrected chi connectivity index (χ2v) is 5.07. The Bertz CT molecular complexity index is 614. The second kappa shape index (κ2) is 5.84. The van der Waals surface area contributed by atoms with Crippen molar-refractivity contribution in [2.75, 3.05) is 5.32 Å². The van der Waals surface area contributed by atoms with Gasteiger partial charge in [0.1, 0.15) is 0 Å². The van der Waals surface area contributed by atoms with Gasteiger partial charge in [0.05, 0.1) is 17.8 Å². The summed E-state index contributed by atoms with van der Waals surface area (Å²) in [5.41, 5.74) is 3.07. The van der Waals surface area contributed by atoms with E-state index in [9.17, 15) is 4.79 Å². The number of aromatic nitrogens is 1. The van der Waals surface area contributed by atoms with E-state index in [-0.39, 0.29) is 5.56 Å². The molecule has 0 radical (unpaired) electrons. The molecule has 0 aliphatic heterocycles. The molecule has 0 aliphatic carbocycles. The van der Waals surface area contributed by atoms with Crippen molar-refractivity contribution in [3.05, 3.63) is 57.8 Å². The van der Waals surface area contributed by atoms with Crippen LogP contribution in [0.3, 0.4) is 0 Å². The van der Waals surface area contributed by atoms with Gasteiger partial charge < -0.3 is 10.4 Å². The van der Waals surface area contributed by atoms with Crippen molar-refractivity contribution >= 4 is 27.6 Å². The monoisotopic (exact) mass is 320 g/mol. The third kappa shape index (κ3) is 3.54. The van der Waals surface area contributed by atoms with E-state index in [0.29, 0.717) is 12.2 Å². The first-order valence-electron chi connectivity index (χ1n) is 5.74. The molecule has 5 heteroatoms. The van der Waals surface area contributed by atoms with Gasteiger partial charge in [0.2, 0.25) is 0 Å². The first kappa shape index (κ1) is 13.5. The van der Waals surface area contributed by atoms with Crippen molar-refractivity contribution in [1.29, 1.82) is 0 Å². The summed E-state index contributed by atoms with van der Waals surface area (Å²) >= 11 is 3.41.